The number of aromatic nitrogens is 2. The molecule has 5 heteroatoms. The summed E-state index contributed by atoms with van der Waals surface area (Å²) in [7, 11) is 5.64. The van der Waals surface area contributed by atoms with Gasteiger partial charge in [-0.1, -0.05) is 30.3 Å². The number of benzene rings is 3. The van der Waals surface area contributed by atoms with Gasteiger partial charge in [0.05, 0.1) is 23.7 Å². The molecule has 4 rings (SSSR count). The summed E-state index contributed by atoms with van der Waals surface area (Å²) >= 11 is 0. The van der Waals surface area contributed by atoms with Gasteiger partial charge in [-0.15, -0.1) is 0 Å². The van der Waals surface area contributed by atoms with E-state index in [9.17, 15) is 4.79 Å². The molecule has 0 fully saturated rings. The number of nitrogens with zero attached hydrogens (tertiary/aromatic N) is 3. The first-order chi connectivity index (χ1) is 14.6. The molecule has 3 aromatic carbocycles. The van der Waals surface area contributed by atoms with Crippen molar-refractivity contribution in [3.05, 3.63) is 94.5 Å². The molecule has 0 amide bonds. The molecule has 0 bridgehead atoms. The van der Waals surface area contributed by atoms with E-state index in [1.807, 2.05) is 80.8 Å². The van der Waals surface area contributed by atoms with Gasteiger partial charge < -0.3 is 9.64 Å². The van der Waals surface area contributed by atoms with Crippen molar-refractivity contribution < 1.29 is 4.74 Å². The third-order valence-electron chi connectivity index (χ3n) is 4.97. The number of anilines is 1. The Kier molecular flexibility index (Phi) is 5.35. The zero-order valence-electron chi connectivity index (χ0n) is 17.2. The van der Waals surface area contributed by atoms with Crippen molar-refractivity contribution in [1.29, 1.82) is 0 Å². The smallest absolute Gasteiger partial charge is 0.266 e. The van der Waals surface area contributed by atoms with Crippen LogP contribution in [-0.4, -0.2) is 30.8 Å². The van der Waals surface area contributed by atoms with Gasteiger partial charge in [0.15, 0.2) is 0 Å². The molecule has 0 aliphatic rings. The van der Waals surface area contributed by atoms with Gasteiger partial charge in [-0.25, -0.2) is 4.98 Å². The normalized spacial score (nSPS) is 11.2. The van der Waals surface area contributed by atoms with Crippen molar-refractivity contribution in [1.82, 2.24) is 9.55 Å². The predicted octanol–water partition coefficient (Wildman–Crippen LogP) is 4.63. The second kappa shape index (κ2) is 8.25. The van der Waals surface area contributed by atoms with Crippen LogP contribution in [0, 0.1) is 0 Å². The zero-order chi connectivity index (χ0) is 21.1. The molecule has 0 aliphatic carbocycles. The Morgan fingerprint density at radius 3 is 2.27 bits per heavy atom. The van der Waals surface area contributed by atoms with E-state index in [0.717, 1.165) is 22.7 Å². The molecular weight excluding hydrogens is 374 g/mol. The minimum absolute atomic E-state index is 0.103. The number of methoxy groups -OCH3 is 1. The maximum absolute atomic E-state index is 13.3. The maximum Gasteiger partial charge on any atom is 0.266 e. The van der Waals surface area contributed by atoms with E-state index in [2.05, 4.69) is 17.0 Å². The third-order valence-corrected chi connectivity index (χ3v) is 4.97. The van der Waals surface area contributed by atoms with Crippen molar-refractivity contribution in [2.24, 2.45) is 0 Å². The van der Waals surface area contributed by atoms with Crippen molar-refractivity contribution >= 4 is 28.7 Å². The molecule has 4 aromatic rings. The summed E-state index contributed by atoms with van der Waals surface area (Å²) in [4.78, 5) is 20.1. The number of ether oxygens (including phenoxy) is 1. The van der Waals surface area contributed by atoms with Gasteiger partial charge in [0.1, 0.15) is 11.6 Å². The van der Waals surface area contributed by atoms with Gasteiger partial charge >= 0.3 is 0 Å². The summed E-state index contributed by atoms with van der Waals surface area (Å²) in [5.74, 6) is 1.30. The van der Waals surface area contributed by atoms with Crippen LogP contribution in [0.1, 0.15) is 11.4 Å². The standard InChI is InChI=1S/C25H23N3O2/c1-27(2)19-11-8-18(9-12-19)10-17-24-26-23-7-5-4-6-22(23)25(29)28(24)20-13-15-21(30-3)16-14-20/h4-17H,1-3H3. The molecule has 0 aliphatic heterocycles. The second-order valence-electron chi connectivity index (χ2n) is 7.15. The van der Waals surface area contributed by atoms with E-state index in [-0.39, 0.29) is 5.56 Å². The summed E-state index contributed by atoms with van der Waals surface area (Å²) in [6.07, 6.45) is 3.85. The van der Waals surface area contributed by atoms with Crippen LogP contribution in [-0.2, 0) is 0 Å². The first-order valence-corrected chi connectivity index (χ1v) is 9.68. The molecule has 5 nitrogen and oxygen atoms in total. The minimum Gasteiger partial charge on any atom is -0.497 e. The number of hydrogen-bond donors (Lipinski definition) is 0. The lowest BCUT2D eigenvalue weighted by atomic mass is 10.1. The first kappa shape index (κ1) is 19.5. The molecule has 0 radical (unpaired) electrons. The van der Waals surface area contributed by atoms with E-state index >= 15 is 0 Å². The van der Waals surface area contributed by atoms with Crippen LogP contribution in [0.25, 0.3) is 28.7 Å². The number of para-hydroxylation sites is 1. The zero-order valence-corrected chi connectivity index (χ0v) is 17.2. The van der Waals surface area contributed by atoms with Gasteiger partial charge in [0.25, 0.3) is 5.56 Å². The molecule has 0 N–H and O–H groups in total. The summed E-state index contributed by atoms with van der Waals surface area (Å²) in [5.41, 5.74) is 3.47. The molecule has 150 valence electrons. The lowest BCUT2D eigenvalue weighted by Crippen LogP contribution is -2.22. The van der Waals surface area contributed by atoms with Crippen LogP contribution >= 0.6 is 0 Å². The van der Waals surface area contributed by atoms with Crippen molar-refractivity contribution in [2.45, 2.75) is 0 Å². The number of rotatable bonds is 5. The Hall–Kier alpha value is -3.86. The lowest BCUT2D eigenvalue weighted by Gasteiger charge is -2.13. The highest BCUT2D eigenvalue weighted by molar-refractivity contribution is 5.80. The Bertz CT molecular complexity index is 1250. The molecule has 0 unspecified atom stereocenters. The van der Waals surface area contributed by atoms with Crippen LogP contribution in [0.4, 0.5) is 5.69 Å². The highest BCUT2D eigenvalue weighted by atomic mass is 16.5. The topological polar surface area (TPSA) is 47.4 Å². The van der Waals surface area contributed by atoms with Crippen LogP contribution < -0.4 is 15.2 Å². The SMILES string of the molecule is COc1ccc(-n2c(C=Cc3ccc(N(C)C)cc3)nc3ccccc3c2=O)cc1. The van der Waals surface area contributed by atoms with Gasteiger partial charge in [-0.3, -0.25) is 9.36 Å². The van der Waals surface area contributed by atoms with Crippen molar-refractivity contribution in [2.75, 3.05) is 26.1 Å². The molecule has 0 spiro atoms. The molecule has 30 heavy (non-hydrogen) atoms. The van der Waals surface area contributed by atoms with Crippen LogP contribution in [0.15, 0.2) is 77.6 Å². The van der Waals surface area contributed by atoms with Crippen molar-refractivity contribution in [3.63, 3.8) is 0 Å². The summed E-state index contributed by atoms with van der Waals surface area (Å²) < 4.78 is 6.88. The first-order valence-electron chi connectivity index (χ1n) is 9.68. The molecule has 1 aromatic heterocycles. The maximum atomic E-state index is 13.3. The van der Waals surface area contributed by atoms with Gasteiger partial charge in [-0.05, 0) is 60.2 Å². The molecule has 0 saturated heterocycles. The van der Waals surface area contributed by atoms with Gasteiger partial charge in [-0.2, -0.15) is 0 Å². The third kappa shape index (κ3) is 3.82. The summed E-state index contributed by atoms with van der Waals surface area (Å²) in [6, 6.07) is 23.0. The van der Waals surface area contributed by atoms with Gasteiger partial charge in [0, 0.05) is 19.8 Å². The number of hydrogen-bond acceptors (Lipinski definition) is 4. The van der Waals surface area contributed by atoms with Crippen molar-refractivity contribution in [3.8, 4) is 11.4 Å². The Morgan fingerprint density at radius 2 is 1.60 bits per heavy atom. The highest BCUT2D eigenvalue weighted by Crippen LogP contribution is 2.19. The van der Waals surface area contributed by atoms with E-state index < -0.39 is 0 Å². The van der Waals surface area contributed by atoms with Crippen LogP contribution in [0.3, 0.4) is 0 Å². The second-order valence-corrected chi connectivity index (χ2v) is 7.15. The van der Waals surface area contributed by atoms with Crippen LogP contribution in [0.2, 0.25) is 0 Å². The van der Waals surface area contributed by atoms with Gasteiger partial charge in [0.2, 0.25) is 0 Å². The largest absolute Gasteiger partial charge is 0.497 e. The average molecular weight is 397 g/mol. The van der Waals surface area contributed by atoms with E-state index in [1.54, 1.807) is 17.7 Å². The number of fused-ring (bicyclic) bond motifs is 1. The fourth-order valence-electron chi connectivity index (χ4n) is 3.30. The highest BCUT2D eigenvalue weighted by Gasteiger charge is 2.11. The minimum atomic E-state index is -0.103. The molecular formula is C25H23N3O2. The Morgan fingerprint density at radius 1 is 0.900 bits per heavy atom. The lowest BCUT2D eigenvalue weighted by molar-refractivity contribution is 0.414. The summed E-state index contributed by atoms with van der Waals surface area (Å²) in [6.45, 7) is 0. The van der Waals surface area contributed by atoms with E-state index in [0.29, 0.717) is 16.7 Å². The molecule has 1 heterocycles. The Labute approximate surface area is 175 Å². The van der Waals surface area contributed by atoms with E-state index in [1.165, 1.54) is 0 Å². The molecule has 0 atom stereocenters. The molecule has 0 saturated carbocycles. The monoisotopic (exact) mass is 397 g/mol. The Balaban J connectivity index is 1.83. The fourth-order valence-corrected chi connectivity index (χ4v) is 3.30. The summed E-state index contributed by atoms with van der Waals surface area (Å²) in [5, 5.41) is 0.584. The quantitative estimate of drug-likeness (QED) is 0.493. The van der Waals surface area contributed by atoms with Crippen LogP contribution in [0.5, 0.6) is 5.75 Å². The predicted molar refractivity (Wildman–Crippen MR) is 124 cm³/mol. The fraction of sp³-hybridized carbons (Fsp3) is 0.120. The van der Waals surface area contributed by atoms with E-state index in [4.69, 9.17) is 9.72 Å². The average Bonchev–Trinajstić information content (AvgIpc) is 2.78.